The van der Waals surface area contributed by atoms with Crippen LogP contribution in [0.2, 0.25) is 0 Å². The van der Waals surface area contributed by atoms with Crippen LogP contribution < -0.4 is 9.80 Å². The number of anilines is 2. The summed E-state index contributed by atoms with van der Waals surface area (Å²) in [6, 6.07) is 15.9. The molecule has 1 aliphatic heterocycles. The van der Waals surface area contributed by atoms with Gasteiger partial charge in [0.05, 0.1) is 11.4 Å². The minimum absolute atomic E-state index is 0.0153. The molecule has 0 aliphatic carbocycles. The van der Waals surface area contributed by atoms with Crippen molar-refractivity contribution >= 4 is 35.0 Å². The maximum absolute atomic E-state index is 12.9. The Balaban J connectivity index is 1.71. The first-order valence-corrected chi connectivity index (χ1v) is 10.0. The molecule has 0 unspecified atom stereocenters. The molecule has 2 aromatic carbocycles. The summed E-state index contributed by atoms with van der Waals surface area (Å²) >= 11 is 1.53. The number of para-hydroxylation sites is 1. The van der Waals surface area contributed by atoms with E-state index in [0.29, 0.717) is 18.8 Å². The number of fused-ring (bicyclic) bond motifs is 1. The first kappa shape index (κ1) is 19.3. The molecular weight excluding hydrogens is 358 g/mol. The van der Waals surface area contributed by atoms with Crippen molar-refractivity contribution in [2.75, 3.05) is 42.7 Å². The summed E-state index contributed by atoms with van der Waals surface area (Å²) in [4.78, 5) is 31.8. The Morgan fingerprint density at radius 3 is 2.48 bits per heavy atom. The van der Waals surface area contributed by atoms with Gasteiger partial charge in [0, 0.05) is 37.8 Å². The fourth-order valence-electron chi connectivity index (χ4n) is 3.06. The molecule has 3 rings (SSSR count). The summed E-state index contributed by atoms with van der Waals surface area (Å²) < 4.78 is 0. The summed E-state index contributed by atoms with van der Waals surface area (Å²) in [6.07, 6.45) is 0. The zero-order chi connectivity index (χ0) is 19.4. The number of nitrogens with zero attached hydrogens (tertiary/aromatic N) is 3. The van der Waals surface area contributed by atoms with Crippen LogP contribution in [0.25, 0.3) is 0 Å². The second-order valence-electron chi connectivity index (χ2n) is 6.71. The van der Waals surface area contributed by atoms with Crippen LogP contribution in [0.15, 0.2) is 53.4 Å². The number of rotatable bonds is 6. The first-order valence-electron chi connectivity index (χ1n) is 9.06. The van der Waals surface area contributed by atoms with E-state index in [9.17, 15) is 9.59 Å². The van der Waals surface area contributed by atoms with Gasteiger partial charge in [-0.05, 0) is 36.8 Å². The normalized spacial score (nSPS) is 13.3. The van der Waals surface area contributed by atoms with Crippen molar-refractivity contribution < 1.29 is 9.59 Å². The van der Waals surface area contributed by atoms with Gasteiger partial charge in [-0.1, -0.05) is 24.3 Å². The average molecular weight is 384 g/mol. The zero-order valence-electron chi connectivity index (χ0n) is 16.0. The molecule has 5 nitrogen and oxygen atoms in total. The predicted octanol–water partition coefficient (Wildman–Crippen LogP) is 3.24. The highest BCUT2D eigenvalue weighted by molar-refractivity contribution is 8.00. The summed E-state index contributed by atoms with van der Waals surface area (Å²) in [5.41, 5.74) is 3.04. The molecule has 0 fully saturated rings. The highest BCUT2D eigenvalue weighted by atomic mass is 32.2. The molecule has 1 aliphatic rings. The van der Waals surface area contributed by atoms with Gasteiger partial charge >= 0.3 is 0 Å². The molecule has 6 heteroatoms. The summed E-state index contributed by atoms with van der Waals surface area (Å²) in [7, 11) is 4.01. The van der Waals surface area contributed by atoms with E-state index in [4.69, 9.17) is 0 Å². The topological polar surface area (TPSA) is 43.9 Å². The molecule has 0 atom stereocenters. The monoisotopic (exact) mass is 383 g/mol. The van der Waals surface area contributed by atoms with Crippen LogP contribution in [-0.2, 0) is 16.1 Å². The maximum Gasteiger partial charge on any atom is 0.242 e. The lowest BCUT2D eigenvalue weighted by molar-refractivity contribution is -0.131. The molecule has 142 valence electrons. The number of benzene rings is 2. The number of amides is 2. The van der Waals surface area contributed by atoms with E-state index in [1.165, 1.54) is 11.8 Å². The van der Waals surface area contributed by atoms with Crippen molar-refractivity contribution in [2.24, 2.45) is 0 Å². The summed E-state index contributed by atoms with van der Waals surface area (Å²) in [5, 5.41) is 0. The Morgan fingerprint density at radius 1 is 1.11 bits per heavy atom. The second kappa shape index (κ2) is 8.48. The van der Waals surface area contributed by atoms with E-state index in [1.54, 1.807) is 9.80 Å². The first-order chi connectivity index (χ1) is 13.0. The SMILES string of the molecule is CCN(Cc1ccc(N(C)C)cc1)C(=O)CN1C(=O)CSc2ccccc21. The molecule has 2 amide bonds. The molecule has 1 heterocycles. The van der Waals surface area contributed by atoms with Crippen LogP contribution in [0.3, 0.4) is 0 Å². The lowest BCUT2D eigenvalue weighted by Crippen LogP contribution is -2.44. The molecular formula is C21H25N3O2S. The quantitative estimate of drug-likeness (QED) is 0.768. The van der Waals surface area contributed by atoms with Gasteiger partial charge in [-0.3, -0.25) is 9.59 Å². The minimum Gasteiger partial charge on any atom is -0.378 e. The number of carbonyl (C=O) groups is 2. The molecule has 0 bridgehead atoms. The van der Waals surface area contributed by atoms with Crippen molar-refractivity contribution in [1.82, 2.24) is 4.90 Å². The minimum atomic E-state index is -0.0377. The highest BCUT2D eigenvalue weighted by Gasteiger charge is 2.27. The Morgan fingerprint density at radius 2 is 1.81 bits per heavy atom. The van der Waals surface area contributed by atoms with Gasteiger partial charge in [0.25, 0.3) is 0 Å². The number of likely N-dealkylation sites (N-methyl/N-ethyl adjacent to an activating group) is 1. The van der Waals surface area contributed by atoms with Crippen LogP contribution in [-0.4, -0.2) is 49.7 Å². The van der Waals surface area contributed by atoms with Crippen molar-refractivity contribution in [3.63, 3.8) is 0 Å². The van der Waals surface area contributed by atoms with E-state index < -0.39 is 0 Å². The van der Waals surface area contributed by atoms with E-state index in [0.717, 1.165) is 21.8 Å². The third kappa shape index (κ3) is 4.45. The average Bonchev–Trinajstić information content (AvgIpc) is 2.68. The highest BCUT2D eigenvalue weighted by Crippen LogP contribution is 2.34. The third-order valence-electron chi connectivity index (χ3n) is 4.66. The van der Waals surface area contributed by atoms with Gasteiger partial charge in [-0.25, -0.2) is 0 Å². The van der Waals surface area contributed by atoms with Crippen LogP contribution in [0.5, 0.6) is 0 Å². The number of carbonyl (C=O) groups excluding carboxylic acids is 2. The molecule has 0 radical (unpaired) electrons. The van der Waals surface area contributed by atoms with E-state index in [1.807, 2.05) is 62.3 Å². The molecule has 0 spiro atoms. The number of hydrogen-bond acceptors (Lipinski definition) is 4. The fraction of sp³-hybridized carbons (Fsp3) is 0.333. The Hall–Kier alpha value is -2.47. The lowest BCUT2D eigenvalue weighted by atomic mass is 10.2. The lowest BCUT2D eigenvalue weighted by Gasteiger charge is -2.30. The fourth-order valence-corrected chi connectivity index (χ4v) is 3.99. The standard InChI is InChI=1S/C21H25N3O2S/c1-4-23(13-16-9-11-17(12-10-16)22(2)3)20(25)14-24-18-7-5-6-8-19(18)27-15-21(24)26/h5-12H,4,13-15H2,1-3H3. The second-order valence-corrected chi connectivity index (χ2v) is 7.72. The Kier molecular flexibility index (Phi) is 6.06. The van der Waals surface area contributed by atoms with Crippen molar-refractivity contribution in [2.45, 2.75) is 18.4 Å². The smallest absolute Gasteiger partial charge is 0.242 e. The van der Waals surface area contributed by atoms with Gasteiger partial charge in [0.1, 0.15) is 6.54 Å². The van der Waals surface area contributed by atoms with Crippen molar-refractivity contribution in [1.29, 1.82) is 0 Å². The number of hydrogen-bond donors (Lipinski definition) is 0. The van der Waals surface area contributed by atoms with Crippen molar-refractivity contribution in [3.8, 4) is 0 Å². The van der Waals surface area contributed by atoms with Gasteiger partial charge in [0.2, 0.25) is 11.8 Å². The largest absolute Gasteiger partial charge is 0.378 e. The molecule has 0 N–H and O–H groups in total. The Bertz CT molecular complexity index is 820. The van der Waals surface area contributed by atoms with Gasteiger partial charge in [-0.2, -0.15) is 0 Å². The predicted molar refractivity (Wildman–Crippen MR) is 111 cm³/mol. The van der Waals surface area contributed by atoms with Crippen LogP contribution in [0.1, 0.15) is 12.5 Å². The van der Waals surface area contributed by atoms with Crippen LogP contribution >= 0.6 is 11.8 Å². The van der Waals surface area contributed by atoms with Gasteiger partial charge in [0.15, 0.2) is 0 Å². The van der Waals surface area contributed by atoms with Crippen LogP contribution in [0.4, 0.5) is 11.4 Å². The van der Waals surface area contributed by atoms with Crippen LogP contribution in [0, 0.1) is 0 Å². The van der Waals surface area contributed by atoms with E-state index in [2.05, 4.69) is 12.1 Å². The summed E-state index contributed by atoms with van der Waals surface area (Å²) in [5.74, 6) is 0.324. The van der Waals surface area contributed by atoms with E-state index >= 15 is 0 Å². The maximum atomic E-state index is 12.9. The molecule has 0 saturated heterocycles. The molecule has 2 aromatic rings. The van der Waals surface area contributed by atoms with Crippen molar-refractivity contribution in [3.05, 3.63) is 54.1 Å². The van der Waals surface area contributed by atoms with E-state index in [-0.39, 0.29) is 18.4 Å². The van der Waals surface area contributed by atoms with Gasteiger partial charge in [-0.15, -0.1) is 11.8 Å². The third-order valence-corrected chi connectivity index (χ3v) is 5.71. The molecule has 0 saturated carbocycles. The molecule has 0 aromatic heterocycles. The summed E-state index contributed by atoms with van der Waals surface area (Å²) in [6.45, 7) is 3.20. The number of thioether (sulfide) groups is 1. The zero-order valence-corrected chi connectivity index (χ0v) is 16.8. The van der Waals surface area contributed by atoms with Gasteiger partial charge < -0.3 is 14.7 Å². The Labute approximate surface area is 164 Å². The molecule has 27 heavy (non-hydrogen) atoms.